The third kappa shape index (κ3) is 7.24. The summed E-state index contributed by atoms with van der Waals surface area (Å²) in [6.45, 7) is 4.62. The number of hydrogen-bond donors (Lipinski definition) is 2. The molecule has 2 amide bonds. The van der Waals surface area contributed by atoms with Gasteiger partial charge in [-0.1, -0.05) is 35.9 Å². The van der Waals surface area contributed by atoms with Gasteiger partial charge in [0.05, 0.1) is 35.8 Å². The fraction of sp³-hybridized carbons (Fsp3) is 0.410. The van der Waals surface area contributed by atoms with Crippen molar-refractivity contribution in [3.8, 4) is 22.9 Å². The second-order valence-electron chi connectivity index (χ2n) is 14.6. The van der Waals surface area contributed by atoms with Crippen LogP contribution in [0.15, 0.2) is 60.9 Å². The Morgan fingerprint density at radius 3 is 2.40 bits per heavy atom. The van der Waals surface area contributed by atoms with E-state index in [1.807, 2.05) is 49.3 Å². The van der Waals surface area contributed by atoms with Crippen LogP contribution in [-0.2, 0) is 16.6 Å². The topological polar surface area (TPSA) is 121 Å². The highest BCUT2D eigenvalue weighted by molar-refractivity contribution is 6.32. The van der Waals surface area contributed by atoms with Gasteiger partial charge in [0.1, 0.15) is 22.1 Å². The SMILES string of the molecule is Cc1nn(C)cc1-c1nc2ncc(Cl)c(Oc3ccc(C4CCN(CC5CCN(c6ccc([C@H]7CCC(=O)NC7=O)cc6)CC5)CC4(F)F)cc3)c2[nH]1. The highest BCUT2D eigenvalue weighted by Crippen LogP contribution is 2.42. The number of imidazole rings is 1. The summed E-state index contributed by atoms with van der Waals surface area (Å²) in [7, 11) is 1.84. The van der Waals surface area contributed by atoms with Crippen molar-refractivity contribution in [2.24, 2.45) is 13.0 Å². The number of pyridine rings is 1. The first-order chi connectivity index (χ1) is 25.5. The second-order valence-corrected chi connectivity index (χ2v) is 15.0. The molecule has 1 unspecified atom stereocenters. The van der Waals surface area contributed by atoms with Crippen molar-refractivity contribution in [1.29, 1.82) is 0 Å². The van der Waals surface area contributed by atoms with E-state index >= 15 is 8.78 Å². The first kappa shape index (κ1) is 35.2. The lowest BCUT2D eigenvalue weighted by Crippen LogP contribution is -2.49. The second kappa shape index (κ2) is 14.2. The number of carbonyl (C=O) groups excluding carboxylic acids is 2. The maximum absolute atomic E-state index is 15.7. The first-order valence-corrected chi connectivity index (χ1v) is 18.5. The number of imide groups is 1. The van der Waals surface area contributed by atoms with Crippen molar-refractivity contribution in [2.45, 2.75) is 56.8 Å². The van der Waals surface area contributed by atoms with E-state index in [2.05, 4.69) is 30.3 Å². The zero-order chi connectivity index (χ0) is 36.9. The van der Waals surface area contributed by atoms with Crippen LogP contribution in [-0.4, -0.2) is 80.1 Å². The monoisotopic (exact) mass is 742 g/mol. The highest BCUT2D eigenvalue weighted by Gasteiger charge is 2.45. The first-order valence-electron chi connectivity index (χ1n) is 18.1. The molecule has 6 heterocycles. The summed E-state index contributed by atoms with van der Waals surface area (Å²) in [6, 6.07) is 14.9. The number of hydrogen-bond acceptors (Lipinski definition) is 8. The number of alkyl halides is 2. The van der Waals surface area contributed by atoms with Gasteiger partial charge in [0.2, 0.25) is 11.8 Å². The smallest absolute Gasteiger partial charge is 0.267 e. The van der Waals surface area contributed by atoms with Crippen molar-refractivity contribution >= 4 is 40.3 Å². The highest BCUT2D eigenvalue weighted by atomic mass is 35.5. The number of H-pyrrole nitrogens is 1. The molecular weight excluding hydrogens is 702 g/mol. The molecule has 276 valence electrons. The molecule has 0 aliphatic carbocycles. The number of anilines is 1. The number of fused-ring (bicyclic) bond motifs is 1. The Hall–Kier alpha value is -4.88. The minimum absolute atomic E-state index is 0.215. The summed E-state index contributed by atoms with van der Waals surface area (Å²) in [5.41, 5.74) is 5.21. The van der Waals surface area contributed by atoms with E-state index in [1.54, 1.807) is 28.9 Å². The molecule has 14 heteroatoms. The summed E-state index contributed by atoms with van der Waals surface area (Å²) in [6.07, 6.45) is 6.46. The van der Waals surface area contributed by atoms with Gasteiger partial charge >= 0.3 is 0 Å². The maximum atomic E-state index is 15.7. The van der Waals surface area contributed by atoms with Gasteiger partial charge in [0.15, 0.2) is 11.4 Å². The number of ether oxygens (including phenoxy) is 1. The largest absolute Gasteiger partial charge is 0.453 e. The van der Waals surface area contributed by atoms with E-state index in [4.69, 9.17) is 16.3 Å². The standard InChI is InChI=1S/C39H41ClF2N8O3/c1-23-30(21-48(2)47-23)36-45-34-35(32(40)19-43-37(34)46-36)53-28-9-5-26(6-10-28)31-15-16-49(22-39(31,41)42)20-24-13-17-50(18-14-24)27-7-3-25(4-8-27)29-11-12-33(51)44-38(29)52/h3-10,19,21,24,29,31H,11-18,20,22H2,1-2H3,(H,43,45,46)(H,44,51,52)/t29-,31?/m1/s1. The van der Waals surface area contributed by atoms with Crippen molar-refractivity contribution in [1.82, 2.24) is 34.9 Å². The number of benzene rings is 2. The Bertz CT molecular complexity index is 2140. The van der Waals surface area contributed by atoms with Gasteiger partial charge in [0.25, 0.3) is 5.92 Å². The number of carbonyl (C=O) groups is 2. The Balaban J connectivity index is 0.854. The molecule has 2 atom stereocenters. The summed E-state index contributed by atoms with van der Waals surface area (Å²) >= 11 is 6.51. The molecule has 5 aromatic rings. The van der Waals surface area contributed by atoms with Gasteiger partial charge in [-0.15, -0.1) is 0 Å². The fourth-order valence-electron chi connectivity index (χ4n) is 8.10. The number of nitrogens with one attached hydrogen (secondary N) is 2. The Labute approximate surface area is 310 Å². The fourth-order valence-corrected chi connectivity index (χ4v) is 8.28. The molecule has 3 aromatic heterocycles. The number of aromatic amines is 1. The van der Waals surface area contributed by atoms with Gasteiger partial charge in [0, 0.05) is 45.0 Å². The van der Waals surface area contributed by atoms with Gasteiger partial charge in [-0.25, -0.2) is 18.7 Å². The quantitative estimate of drug-likeness (QED) is 0.164. The number of nitrogens with zero attached hydrogens (tertiary/aromatic N) is 6. The summed E-state index contributed by atoms with van der Waals surface area (Å²) < 4.78 is 39.4. The molecule has 8 rings (SSSR count). The van der Waals surface area contributed by atoms with Crippen molar-refractivity contribution in [2.75, 3.05) is 37.6 Å². The number of likely N-dealkylation sites (tertiary alicyclic amines) is 1. The lowest BCUT2D eigenvalue weighted by atomic mass is 9.85. The van der Waals surface area contributed by atoms with Crippen LogP contribution in [0.2, 0.25) is 5.02 Å². The van der Waals surface area contributed by atoms with Crippen LogP contribution in [0.3, 0.4) is 0 Å². The normalized spacial score (nSPS) is 21.3. The number of aromatic nitrogens is 5. The summed E-state index contributed by atoms with van der Waals surface area (Å²) in [5, 5.41) is 7.11. The third-order valence-corrected chi connectivity index (χ3v) is 11.2. The molecule has 3 aliphatic rings. The maximum Gasteiger partial charge on any atom is 0.267 e. The molecule has 0 radical (unpaired) electrons. The lowest BCUT2D eigenvalue weighted by molar-refractivity contribution is -0.134. The van der Waals surface area contributed by atoms with Crippen molar-refractivity contribution in [3.05, 3.63) is 82.8 Å². The van der Waals surface area contributed by atoms with Crippen LogP contribution in [0.4, 0.5) is 14.5 Å². The number of amides is 2. The van der Waals surface area contributed by atoms with E-state index in [0.29, 0.717) is 77.3 Å². The van der Waals surface area contributed by atoms with Crippen LogP contribution in [0.1, 0.15) is 60.8 Å². The van der Waals surface area contributed by atoms with Gasteiger partial charge in [-0.2, -0.15) is 5.10 Å². The lowest BCUT2D eigenvalue weighted by Gasteiger charge is -2.41. The number of piperidine rings is 3. The van der Waals surface area contributed by atoms with Crippen LogP contribution in [0.25, 0.3) is 22.6 Å². The van der Waals surface area contributed by atoms with Crippen molar-refractivity contribution in [3.63, 3.8) is 0 Å². The van der Waals surface area contributed by atoms with Crippen LogP contribution >= 0.6 is 11.6 Å². The van der Waals surface area contributed by atoms with E-state index in [9.17, 15) is 9.59 Å². The van der Waals surface area contributed by atoms with Crippen LogP contribution in [0, 0.1) is 12.8 Å². The average molecular weight is 743 g/mol. The molecule has 53 heavy (non-hydrogen) atoms. The van der Waals surface area contributed by atoms with Gasteiger partial charge < -0.3 is 14.6 Å². The molecule has 3 aliphatic heterocycles. The number of halogens is 3. The number of aryl methyl sites for hydroxylation is 2. The van der Waals surface area contributed by atoms with Gasteiger partial charge in [-0.3, -0.25) is 24.5 Å². The van der Waals surface area contributed by atoms with E-state index < -0.39 is 11.8 Å². The zero-order valence-electron chi connectivity index (χ0n) is 29.6. The predicted octanol–water partition coefficient (Wildman–Crippen LogP) is 6.97. The molecule has 2 aromatic carbocycles. The molecule has 0 bridgehead atoms. The van der Waals surface area contributed by atoms with Gasteiger partial charge in [-0.05, 0) is 80.5 Å². The van der Waals surface area contributed by atoms with Crippen LogP contribution < -0.4 is 15.0 Å². The Morgan fingerprint density at radius 2 is 1.72 bits per heavy atom. The third-order valence-electron chi connectivity index (χ3n) is 10.9. The van der Waals surface area contributed by atoms with E-state index in [0.717, 1.165) is 48.4 Å². The average Bonchev–Trinajstić information content (AvgIpc) is 3.72. The van der Waals surface area contributed by atoms with Crippen molar-refractivity contribution < 1.29 is 23.1 Å². The number of rotatable bonds is 8. The summed E-state index contributed by atoms with van der Waals surface area (Å²) in [4.78, 5) is 40.2. The Morgan fingerprint density at radius 1 is 0.981 bits per heavy atom. The predicted molar refractivity (Wildman–Crippen MR) is 198 cm³/mol. The molecule has 2 N–H and O–H groups in total. The summed E-state index contributed by atoms with van der Waals surface area (Å²) in [5.74, 6) is -2.73. The molecule has 3 fully saturated rings. The minimum Gasteiger partial charge on any atom is -0.453 e. The molecule has 11 nitrogen and oxygen atoms in total. The minimum atomic E-state index is -2.87. The van der Waals surface area contributed by atoms with E-state index in [-0.39, 0.29) is 24.3 Å². The molecule has 3 saturated heterocycles. The van der Waals surface area contributed by atoms with E-state index in [1.165, 1.54) is 6.20 Å². The van der Waals surface area contributed by atoms with Crippen LogP contribution in [0.5, 0.6) is 11.5 Å². The molecular formula is C39H41ClF2N8O3. The zero-order valence-corrected chi connectivity index (χ0v) is 30.4. The molecule has 0 saturated carbocycles. The molecule has 0 spiro atoms. The Kier molecular flexibility index (Phi) is 9.40.